The van der Waals surface area contributed by atoms with Crippen molar-refractivity contribution < 1.29 is 9.47 Å². The normalized spacial score (nSPS) is 10.9. The predicted molar refractivity (Wildman–Crippen MR) is 127 cm³/mol. The Morgan fingerprint density at radius 3 is 2.50 bits per heavy atom. The van der Waals surface area contributed by atoms with Crippen LogP contribution < -0.4 is 15.4 Å². The van der Waals surface area contributed by atoms with Crippen LogP contribution in [0.3, 0.4) is 0 Å². The summed E-state index contributed by atoms with van der Waals surface area (Å²) in [4.78, 5) is 9.47. The van der Waals surface area contributed by atoms with E-state index < -0.39 is 0 Å². The van der Waals surface area contributed by atoms with E-state index in [-0.39, 0.29) is 0 Å². The lowest BCUT2D eigenvalue weighted by Gasteiger charge is -2.12. The monoisotopic (exact) mass is 432 g/mol. The van der Waals surface area contributed by atoms with Gasteiger partial charge in [-0.3, -0.25) is 0 Å². The fraction of sp³-hybridized carbons (Fsp3) is 0.292. The Hall–Kier alpha value is -3.65. The smallest absolute Gasteiger partial charge is 0.226 e. The molecule has 0 atom stereocenters. The summed E-state index contributed by atoms with van der Waals surface area (Å²) in [5.74, 6) is 2.06. The first-order valence-electron chi connectivity index (χ1n) is 10.9. The lowest BCUT2D eigenvalue weighted by Crippen LogP contribution is -2.10. The largest absolute Gasteiger partial charge is 0.494 e. The number of fused-ring (bicyclic) bond motifs is 1. The van der Waals surface area contributed by atoms with Crippen molar-refractivity contribution in [1.82, 2.24) is 19.7 Å². The summed E-state index contributed by atoms with van der Waals surface area (Å²) in [6.07, 6.45) is 2.66. The lowest BCUT2D eigenvalue weighted by molar-refractivity contribution is 0.147. The maximum Gasteiger partial charge on any atom is 0.226 e. The Balaban J connectivity index is 1.65. The van der Waals surface area contributed by atoms with Crippen molar-refractivity contribution in [2.24, 2.45) is 0 Å². The second-order valence-electron chi connectivity index (χ2n) is 7.08. The predicted octanol–water partition coefficient (Wildman–Crippen LogP) is 4.80. The van der Waals surface area contributed by atoms with Gasteiger partial charge in [-0.1, -0.05) is 18.2 Å². The molecule has 166 valence electrons. The van der Waals surface area contributed by atoms with Crippen LogP contribution in [-0.2, 0) is 4.74 Å². The maximum absolute atomic E-state index is 5.54. The van der Waals surface area contributed by atoms with E-state index in [1.807, 2.05) is 73.1 Å². The van der Waals surface area contributed by atoms with Gasteiger partial charge in [0, 0.05) is 25.4 Å². The van der Waals surface area contributed by atoms with E-state index >= 15 is 0 Å². The molecule has 0 amide bonds. The van der Waals surface area contributed by atoms with E-state index in [0.29, 0.717) is 31.5 Å². The molecule has 0 fully saturated rings. The van der Waals surface area contributed by atoms with Gasteiger partial charge in [0.1, 0.15) is 11.6 Å². The quantitative estimate of drug-likeness (QED) is 0.329. The molecule has 4 rings (SSSR count). The third-order valence-corrected chi connectivity index (χ3v) is 4.81. The first kappa shape index (κ1) is 21.6. The number of nitrogens with one attached hydrogen (secondary N) is 2. The molecule has 4 aromatic rings. The molecule has 2 heterocycles. The minimum absolute atomic E-state index is 0.542. The molecule has 0 unspecified atom stereocenters. The molecule has 0 bridgehead atoms. The summed E-state index contributed by atoms with van der Waals surface area (Å²) >= 11 is 0. The summed E-state index contributed by atoms with van der Waals surface area (Å²) in [5, 5.41) is 12.1. The lowest BCUT2D eigenvalue weighted by atomic mass is 10.3. The molecule has 0 aliphatic rings. The molecule has 2 N–H and O–H groups in total. The van der Waals surface area contributed by atoms with Crippen molar-refractivity contribution in [3.05, 3.63) is 60.8 Å². The molecule has 8 heteroatoms. The summed E-state index contributed by atoms with van der Waals surface area (Å²) in [6.45, 7) is 6.73. The Bertz CT molecular complexity index is 1130. The fourth-order valence-electron chi connectivity index (χ4n) is 3.30. The Labute approximate surface area is 187 Å². The number of rotatable bonds is 11. The summed E-state index contributed by atoms with van der Waals surface area (Å²) < 4.78 is 12.8. The maximum atomic E-state index is 5.54. The molecule has 32 heavy (non-hydrogen) atoms. The van der Waals surface area contributed by atoms with Gasteiger partial charge in [-0.05, 0) is 56.7 Å². The highest BCUT2D eigenvalue weighted by Crippen LogP contribution is 2.27. The van der Waals surface area contributed by atoms with Crippen LogP contribution in [0.15, 0.2) is 60.8 Å². The zero-order valence-corrected chi connectivity index (χ0v) is 18.4. The third kappa shape index (κ3) is 5.15. The zero-order chi connectivity index (χ0) is 22.2. The highest BCUT2D eigenvalue weighted by atomic mass is 16.5. The number of ether oxygens (including phenoxy) is 2. The third-order valence-electron chi connectivity index (χ3n) is 4.81. The van der Waals surface area contributed by atoms with Gasteiger partial charge in [0.25, 0.3) is 0 Å². The molecule has 0 radical (unpaired) electrons. The van der Waals surface area contributed by atoms with Crippen LogP contribution in [0.5, 0.6) is 5.75 Å². The van der Waals surface area contributed by atoms with Crippen molar-refractivity contribution in [3.63, 3.8) is 0 Å². The molecule has 2 aromatic carbocycles. The molecular weight excluding hydrogens is 404 g/mol. The topological polar surface area (TPSA) is 86.1 Å². The van der Waals surface area contributed by atoms with Crippen LogP contribution in [0.2, 0.25) is 0 Å². The second-order valence-corrected chi connectivity index (χ2v) is 7.08. The van der Waals surface area contributed by atoms with Crippen LogP contribution in [0.4, 0.5) is 17.5 Å². The molecular formula is C24H28N6O2. The minimum atomic E-state index is 0.542. The van der Waals surface area contributed by atoms with Crippen LogP contribution in [0, 0.1) is 0 Å². The molecule has 0 aliphatic carbocycles. The van der Waals surface area contributed by atoms with E-state index in [1.54, 1.807) is 6.20 Å². The van der Waals surface area contributed by atoms with Gasteiger partial charge < -0.3 is 20.1 Å². The van der Waals surface area contributed by atoms with E-state index in [2.05, 4.69) is 15.7 Å². The molecule has 0 saturated carbocycles. The average Bonchev–Trinajstić information content (AvgIpc) is 3.25. The minimum Gasteiger partial charge on any atom is -0.494 e. The van der Waals surface area contributed by atoms with Gasteiger partial charge in [-0.2, -0.15) is 15.1 Å². The van der Waals surface area contributed by atoms with Crippen molar-refractivity contribution >= 4 is 28.5 Å². The number of anilines is 3. The first-order chi connectivity index (χ1) is 15.8. The summed E-state index contributed by atoms with van der Waals surface area (Å²) in [7, 11) is 0. The highest BCUT2D eigenvalue weighted by Gasteiger charge is 2.14. The number of hydrogen-bond donors (Lipinski definition) is 2. The van der Waals surface area contributed by atoms with Crippen LogP contribution in [0.25, 0.3) is 16.7 Å². The fourth-order valence-corrected chi connectivity index (χ4v) is 3.30. The number of nitrogens with zero attached hydrogens (tertiary/aromatic N) is 4. The summed E-state index contributed by atoms with van der Waals surface area (Å²) in [6, 6.07) is 17.8. The number of aromatic nitrogens is 4. The van der Waals surface area contributed by atoms with Gasteiger partial charge in [-0.15, -0.1) is 0 Å². The molecule has 0 spiro atoms. The van der Waals surface area contributed by atoms with Gasteiger partial charge in [0.05, 0.1) is 23.9 Å². The van der Waals surface area contributed by atoms with Crippen LogP contribution in [-0.4, -0.2) is 46.1 Å². The second kappa shape index (κ2) is 10.6. The zero-order valence-electron chi connectivity index (χ0n) is 18.4. The molecule has 8 nitrogen and oxygen atoms in total. The van der Waals surface area contributed by atoms with Crippen LogP contribution in [0.1, 0.15) is 20.3 Å². The number of hydrogen-bond acceptors (Lipinski definition) is 7. The highest BCUT2D eigenvalue weighted by molar-refractivity contribution is 5.90. The number of para-hydroxylation sites is 1. The first-order valence-corrected chi connectivity index (χ1v) is 10.9. The van der Waals surface area contributed by atoms with Crippen molar-refractivity contribution in [2.75, 3.05) is 37.0 Å². The SMILES string of the molecule is CCOCCCNc1nc(Nc2ccc(OCC)cc2)c2cnn(-c3ccccc3)c2n1. The van der Waals surface area contributed by atoms with E-state index in [9.17, 15) is 0 Å². The van der Waals surface area contributed by atoms with E-state index in [0.717, 1.165) is 41.2 Å². The Kier molecular flexibility index (Phi) is 7.14. The van der Waals surface area contributed by atoms with Gasteiger partial charge >= 0.3 is 0 Å². The van der Waals surface area contributed by atoms with E-state index in [1.165, 1.54) is 0 Å². The number of benzene rings is 2. The van der Waals surface area contributed by atoms with Crippen LogP contribution >= 0.6 is 0 Å². The van der Waals surface area contributed by atoms with Gasteiger partial charge in [0.15, 0.2) is 5.65 Å². The summed E-state index contributed by atoms with van der Waals surface area (Å²) in [5.41, 5.74) is 2.57. The Morgan fingerprint density at radius 2 is 1.75 bits per heavy atom. The van der Waals surface area contributed by atoms with Crippen molar-refractivity contribution in [2.45, 2.75) is 20.3 Å². The van der Waals surface area contributed by atoms with E-state index in [4.69, 9.17) is 19.4 Å². The average molecular weight is 433 g/mol. The van der Waals surface area contributed by atoms with Gasteiger partial charge in [0.2, 0.25) is 5.95 Å². The molecule has 2 aromatic heterocycles. The standard InChI is InChI=1S/C24H28N6O2/c1-3-31-16-8-15-25-24-28-22(27-18-11-13-20(14-12-18)32-4-2)21-17-26-30(23(21)29-24)19-9-6-5-7-10-19/h5-7,9-14,17H,3-4,8,15-16H2,1-2H3,(H2,25,27,28,29). The van der Waals surface area contributed by atoms with Crippen molar-refractivity contribution in [3.8, 4) is 11.4 Å². The molecule has 0 saturated heterocycles. The molecule has 0 aliphatic heterocycles. The Morgan fingerprint density at radius 1 is 0.938 bits per heavy atom. The van der Waals surface area contributed by atoms with Gasteiger partial charge in [-0.25, -0.2) is 4.68 Å². The van der Waals surface area contributed by atoms with Crippen molar-refractivity contribution in [1.29, 1.82) is 0 Å².